The SMILES string of the molecule is COc1cc(CO)cc(C2=N[C@H](c3ccc(Cl)cc3)[C@H](c3ccc(Cl)cc3)N2C(=O)C(C)C)c1. The molecule has 7 heteroatoms. The first-order chi connectivity index (χ1) is 16.3. The minimum atomic E-state index is -0.382. The molecule has 1 heterocycles. The molecular weight excluding hydrogens is 471 g/mol. The number of benzene rings is 3. The Labute approximate surface area is 209 Å². The molecule has 0 spiro atoms. The van der Waals surface area contributed by atoms with E-state index in [1.54, 1.807) is 18.1 Å². The monoisotopic (exact) mass is 496 g/mol. The number of methoxy groups -OCH3 is 1. The third kappa shape index (κ3) is 4.83. The largest absolute Gasteiger partial charge is 0.497 e. The second kappa shape index (κ2) is 10.2. The second-order valence-corrected chi connectivity index (χ2v) is 9.41. The maximum atomic E-state index is 13.6. The van der Waals surface area contributed by atoms with Crippen molar-refractivity contribution >= 4 is 34.9 Å². The van der Waals surface area contributed by atoms with Gasteiger partial charge in [-0.25, -0.2) is 0 Å². The number of halogens is 2. The summed E-state index contributed by atoms with van der Waals surface area (Å²) < 4.78 is 5.45. The maximum absolute atomic E-state index is 13.6. The minimum Gasteiger partial charge on any atom is -0.497 e. The van der Waals surface area contributed by atoms with Crippen molar-refractivity contribution in [2.24, 2.45) is 10.9 Å². The number of aliphatic imine (C=N–C) groups is 1. The Morgan fingerprint density at radius 2 is 1.59 bits per heavy atom. The molecule has 0 saturated carbocycles. The van der Waals surface area contributed by atoms with Gasteiger partial charge in [-0.3, -0.25) is 14.7 Å². The molecule has 0 aromatic heterocycles. The molecule has 0 saturated heterocycles. The fraction of sp³-hybridized carbons (Fsp3) is 0.259. The van der Waals surface area contributed by atoms with Gasteiger partial charge in [-0.2, -0.15) is 0 Å². The Morgan fingerprint density at radius 1 is 1.00 bits per heavy atom. The van der Waals surface area contributed by atoms with Crippen LogP contribution in [0.3, 0.4) is 0 Å². The predicted molar refractivity (Wildman–Crippen MR) is 136 cm³/mol. The number of hydrogen-bond acceptors (Lipinski definition) is 4. The van der Waals surface area contributed by atoms with Gasteiger partial charge in [0.15, 0.2) is 0 Å². The van der Waals surface area contributed by atoms with Crippen LogP contribution in [0.4, 0.5) is 0 Å². The number of carbonyl (C=O) groups excluding carboxylic acids is 1. The van der Waals surface area contributed by atoms with E-state index >= 15 is 0 Å². The number of aliphatic hydroxyl groups excluding tert-OH is 1. The van der Waals surface area contributed by atoms with Gasteiger partial charge in [-0.1, -0.05) is 61.3 Å². The number of aliphatic hydroxyl groups is 1. The average molecular weight is 497 g/mol. The molecule has 0 unspecified atom stereocenters. The van der Waals surface area contributed by atoms with Crippen molar-refractivity contribution in [2.45, 2.75) is 32.5 Å². The van der Waals surface area contributed by atoms with Crippen molar-refractivity contribution in [1.29, 1.82) is 0 Å². The summed E-state index contributed by atoms with van der Waals surface area (Å²) in [6.45, 7) is 3.59. The molecule has 2 atom stereocenters. The van der Waals surface area contributed by atoms with Crippen molar-refractivity contribution in [3.8, 4) is 5.75 Å². The Bertz CT molecular complexity index is 1190. The predicted octanol–water partition coefficient (Wildman–Crippen LogP) is 6.22. The van der Waals surface area contributed by atoms with Crippen LogP contribution >= 0.6 is 23.2 Å². The lowest BCUT2D eigenvalue weighted by Gasteiger charge is -2.31. The standard InChI is InChI=1S/C27H26Cl2N2O3/c1-16(2)27(33)31-25(19-6-10-22(29)11-7-19)24(18-4-8-21(28)9-5-18)30-26(31)20-12-17(15-32)13-23(14-20)34-3/h4-14,16,24-25,32H,15H2,1-3H3/t24-,25+/m1/s1. The van der Waals surface area contributed by atoms with Crippen LogP contribution in [0.2, 0.25) is 10.0 Å². The minimum absolute atomic E-state index is 0.0523. The molecule has 0 bridgehead atoms. The summed E-state index contributed by atoms with van der Waals surface area (Å²) in [5.74, 6) is 0.807. The summed E-state index contributed by atoms with van der Waals surface area (Å²) >= 11 is 12.3. The molecule has 1 aliphatic heterocycles. The Kier molecular flexibility index (Phi) is 7.27. The highest BCUT2D eigenvalue weighted by Crippen LogP contribution is 2.44. The molecule has 34 heavy (non-hydrogen) atoms. The van der Waals surface area contributed by atoms with Crippen molar-refractivity contribution in [3.63, 3.8) is 0 Å². The molecule has 5 nitrogen and oxygen atoms in total. The molecular formula is C27H26Cl2N2O3. The molecule has 1 N–H and O–H groups in total. The summed E-state index contributed by atoms with van der Waals surface area (Å²) in [7, 11) is 1.57. The quantitative estimate of drug-likeness (QED) is 0.440. The van der Waals surface area contributed by atoms with E-state index in [1.165, 1.54) is 0 Å². The van der Waals surface area contributed by atoms with E-state index in [9.17, 15) is 9.90 Å². The first-order valence-electron chi connectivity index (χ1n) is 11.0. The van der Waals surface area contributed by atoms with E-state index in [-0.39, 0.29) is 30.5 Å². The highest BCUT2D eigenvalue weighted by Gasteiger charge is 2.42. The molecule has 0 radical (unpaired) electrons. The topological polar surface area (TPSA) is 62.1 Å². The third-order valence-corrected chi connectivity index (χ3v) is 6.37. The molecule has 176 valence electrons. The third-order valence-electron chi connectivity index (χ3n) is 5.86. The summed E-state index contributed by atoms with van der Waals surface area (Å²) in [5.41, 5.74) is 3.23. The number of carbonyl (C=O) groups is 1. The highest BCUT2D eigenvalue weighted by atomic mass is 35.5. The van der Waals surface area contributed by atoms with Crippen molar-refractivity contribution in [3.05, 3.63) is 99.0 Å². The lowest BCUT2D eigenvalue weighted by molar-refractivity contribution is -0.132. The summed E-state index contributed by atoms with van der Waals surface area (Å²) in [5, 5.41) is 11.0. The van der Waals surface area contributed by atoms with Crippen LogP contribution < -0.4 is 4.74 Å². The van der Waals surface area contributed by atoms with Gasteiger partial charge in [0.25, 0.3) is 0 Å². The van der Waals surface area contributed by atoms with Gasteiger partial charge in [0, 0.05) is 21.5 Å². The van der Waals surface area contributed by atoms with Crippen LogP contribution in [-0.4, -0.2) is 28.9 Å². The van der Waals surface area contributed by atoms with Crippen molar-refractivity contribution in [2.75, 3.05) is 7.11 Å². The Balaban J connectivity index is 1.94. The zero-order valence-corrected chi connectivity index (χ0v) is 20.7. The van der Waals surface area contributed by atoms with E-state index in [2.05, 4.69) is 0 Å². The van der Waals surface area contributed by atoms with Crippen LogP contribution in [-0.2, 0) is 11.4 Å². The fourth-order valence-corrected chi connectivity index (χ4v) is 4.43. The van der Waals surface area contributed by atoms with Gasteiger partial charge < -0.3 is 9.84 Å². The van der Waals surface area contributed by atoms with E-state index in [0.717, 1.165) is 11.1 Å². The summed E-state index contributed by atoms with van der Waals surface area (Å²) in [4.78, 5) is 20.5. The van der Waals surface area contributed by atoms with Gasteiger partial charge in [0.05, 0.1) is 19.8 Å². The highest BCUT2D eigenvalue weighted by molar-refractivity contribution is 6.30. The number of amidine groups is 1. The lowest BCUT2D eigenvalue weighted by Crippen LogP contribution is -2.40. The molecule has 0 aliphatic carbocycles. The maximum Gasteiger partial charge on any atom is 0.231 e. The van der Waals surface area contributed by atoms with Crippen molar-refractivity contribution < 1.29 is 14.6 Å². The average Bonchev–Trinajstić information content (AvgIpc) is 3.24. The number of rotatable bonds is 6. The fourth-order valence-electron chi connectivity index (χ4n) is 4.18. The summed E-state index contributed by atoms with van der Waals surface area (Å²) in [6, 6.07) is 19.7. The zero-order chi connectivity index (χ0) is 24.4. The first kappa shape index (κ1) is 24.3. The summed E-state index contributed by atoms with van der Waals surface area (Å²) in [6.07, 6.45) is 0. The van der Waals surface area contributed by atoms with E-state index in [1.807, 2.05) is 74.5 Å². The van der Waals surface area contributed by atoms with E-state index in [4.69, 9.17) is 32.9 Å². The van der Waals surface area contributed by atoms with Crippen LogP contribution in [0.25, 0.3) is 0 Å². The Hall–Kier alpha value is -2.86. The molecule has 0 fully saturated rings. The zero-order valence-electron chi connectivity index (χ0n) is 19.2. The van der Waals surface area contributed by atoms with Gasteiger partial charge in [-0.15, -0.1) is 0 Å². The van der Waals surface area contributed by atoms with Crippen LogP contribution in [0.1, 0.15) is 48.2 Å². The lowest BCUT2D eigenvalue weighted by atomic mass is 9.93. The van der Waals surface area contributed by atoms with E-state index < -0.39 is 0 Å². The van der Waals surface area contributed by atoms with Gasteiger partial charge in [-0.05, 0) is 59.2 Å². The molecule has 3 aromatic carbocycles. The number of ether oxygens (including phenoxy) is 1. The first-order valence-corrected chi connectivity index (χ1v) is 11.8. The van der Waals surface area contributed by atoms with Crippen molar-refractivity contribution in [1.82, 2.24) is 4.90 Å². The van der Waals surface area contributed by atoms with E-state index in [0.29, 0.717) is 32.8 Å². The number of hydrogen-bond donors (Lipinski definition) is 1. The normalized spacial score (nSPS) is 17.7. The van der Waals surface area contributed by atoms with Crippen LogP contribution in [0, 0.1) is 5.92 Å². The molecule has 3 aromatic rings. The molecule has 1 aliphatic rings. The van der Waals surface area contributed by atoms with Crippen LogP contribution in [0.15, 0.2) is 71.7 Å². The van der Waals surface area contributed by atoms with Gasteiger partial charge in [0.1, 0.15) is 17.6 Å². The molecule has 4 rings (SSSR count). The molecule has 1 amide bonds. The number of amides is 1. The second-order valence-electron chi connectivity index (χ2n) is 8.54. The Morgan fingerprint density at radius 3 is 2.12 bits per heavy atom. The smallest absolute Gasteiger partial charge is 0.231 e. The van der Waals surface area contributed by atoms with Gasteiger partial charge in [0.2, 0.25) is 5.91 Å². The van der Waals surface area contributed by atoms with Gasteiger partial charge >= 0.3 is 0 Å². The number of nitrogens with zero attached hydrogens (tertiary/aromatic N) is 2. The van der Waals surface area contributed by atoms with Crippen LogP contribution in [0.5, 0.6) is 5.75 Å².